The van der Waals surface area contributed by atoms with Crippen LogP contribution in [0.4, 0.5) is 0 Å². The third kappa shape index (κ3) is 4.56. The van der Waals surface area contributed by atoms with Gasteiger partial charge < -0.3 is 8.83 Å². The predicted molar refractivity (Wildman–Crippen MR) is 177 cm³/mol. The number of nitrogens with zero attached hydrogens (tertiary/aromatic N) is 6. The Morgan fingerprint density at radius 3 is 1.52 bits per heavy atom. The van der Waals surface area contributed by atoms with Crippen LogP contribution in [0.3, 0.4) is 0 Å². The maximum atomic E-state index is 6.18. The Morgan fingerprint density at radius 1 is 0.413 bits per heavy atom. The van der Waals surface area contributed by atoms with E-state index in [0.29, 0.717) is 46.1 Å². The molecule has 0 aliphatic rings. The first-order valence-electron chi connectivity index (χ1n) is 14.8. The summed E-state index contributed by atoms with van der Waals surface area (Å²) in [6.45, 7) is 0. The first kappa shape index (κ1) is 25.9. The number of oxazole rings is 2. The topological polar surface area (TPSA) is 104 Å². The predicted octanol–water partition coefficient (Wildman–Crippen LogP) is 9.04. The van der Waals surface area contributed by atoms with E-state index in [1.165, 1.54) is 0 Å². The molecule has 0 saturated carbocycles. The highest BCUT2D eigenvalue weighted by atomic mass is 16.4. The van der Waals surface area contributed by atoms with Crippen molar-refractivity contribution < 1.29 is 8.83 Å². The van der Waals surface area contributed by atoms with Gasteiger partial charge in [-0.1, -0.05) is 60.7 Å². The van der Waals surface area contributed by atoms with E-state index in [1.54, 1.807) is 6.20 Å². The van der Waals surface area contributed by atoms with Gasteiger partial charge in [-0.25, -0.2) is 24.9 Å². The fraction of sp³-hybridized carbons (Fsp3) is 0. The molecule has 0 saturated heterocycles. The van der Waals surface area contributed by atoms with Crippen LogP contribution in [0.1, 0.15) is 0 Å². The van der Waals surface area contributed by atoms with Crippen molar-refractivity contribution in [1.82, 2.24) is 29.9 Å². The molecule has 0 atom stereocenters. The van der Waals surface area contributed by atoms with Crippen LogP contribution in [0, 0.1) is 0 Å². The summed E-state index contributed by atoms with van der Waals surface area (Å²) in [5, 5.41) is 1.99. The fourth-order valence-corrected chi connectivity index (χ4v) is 5.57. The summed E-state index contributed by atoms with van der Waals surface area (Å²) in [6.07, 6.45) is 1.78. The Balaban J connectivity index is 1.21. The standard InChI is InChI=1S/C38H22N6O2/c1-3-10-24(11-4-1)37-40-29-17-15-26(21-31(29)45-37)34-42-35(44-36(43-34)33-28-14-8-7-9-23(28)19-20-39-33)27-16-18-30-32(22-27)46-38(41-30)25-12-5-2-6-13-25/h1-22H. The first-order valence-corrected chi connectivity index (χ1v) is 14.8. The molecule has 0 spiro atoms. The van der Waals surface area contributed by atoms with E-state index in [4.69, 9.17) is 28.8 Å². The second-order valence-electron chi connectivity index (χ2n) is 10.8. The highest BCUT2D eigenvalue weighted by Gasteiger charge is 2.18. The molecule has 0 radical (unpaired) electrons. The van der Waals surface area contributed by atoms with Gasteiger partial charge in [-0.2, -0.15) is 0 Å². The fourth-order valence-electron chi connectivity index (χ4n) is 5.57. The molecule has 9 aromatic rings. The lowest BCUT2D eigenvalue weighted by molar-refractivity contribution is 0.619. The van der Waals surface area contributed by atoms with Crippen LogP contribution in [0.25, 0.3) is 90.2 Å². The number of rotatable bonds is 5. The van der Waals surface area contributed by atoms with Crippen molar-refractivity contribution in [1.29, 1.82) is 0 Å². The zero-order chi connectivity index (χ0) is 30.5. The zero-order valence-corrected chi connectivity index (χ0v) is 24.2. The number of benzene rings is 5. The van der Waals surface area contributed by atoms with Crippen molar-refractivity contribution in [2.75, 3.05) is 0 Å². The van der Waals surface area contributed by atoms with Gasteiger partial charge in [0.15, 0.2) is 28.6 Å². The van der Waals surface area contributed by atoms with E-state index < -0.39 is 0 Å². The molecule has 0 bridgehead atoms. The van der Waals surface area contributed by atoms with Crippen molar-refractivity contribution in [3.05, 3.63) is 134 Å². The van der Waals surface area contributed by atoms with Crippen molar-refractivity contribution in [2.45, 2.75) is 0 Å². The van der Waals surface area contributed by atoms with Gasteiger partial charge in [-0.15, -0.1) is 0 Å². The monoisotopic (exact) mass is 594 g/mol. The summed E-state index contributed by atoms with van der Waals surface area (Å²) < 4.78 is 12.4. The minimum absolute atomic E-state index is 0.460. The van der Waals surface area contributed by atoms with Gasteiger partial charge in [0.05, 0.1) is 0 Å². The smallest absolute Gasteiger partial charge is 0.227 e. The molecule has 0 aliphatic carbocycles. The highest BCUT2D eigenvalue weighted by molar-refractivity contribution is 5.93. The van der Waals surface area contributed by atoms with Crippen LogP contribution in [-0.2, 0) is 0 Å². The first-order chi connectivity index (χ1) is 22.7. The molecular weight excluding hydrogens is 572 g/mol. The number of pyridine rings is 1. The van der Waals surface area contributed by atoms with E-state index in [-0.39, 0.29) is 0 Å². The molecule has 8 heteroatoms. The normalized spacial score (nSPS) is 11.5. The van der Waals surface area contributed by atoms with Crippen LogP contribution in [-0.4, -0.2) is 29.9 Å². The number of hydrogen-bond acceptors (Lipinski definition) is 8. The van der Waals surface area contributed by atoms with Gasteiger partial charge in [0.2, 0.25) is 11.8 Å². The third-order valence-corrected chi connectivity index (χ3v) is 7.86. The average Bonchev–Trinajstić information content (AvgIpc) is 3.76. The molecule has 0 unspecified atom stereocenters. The largest absolute Gasteiger partial charge is 0.436 e. The van der Waals surface area contributed by atoms with E-state index in [1.807, 2.05) is 127 Å². The Morgan fingerprint density at radius 2 is 0.935 bits per heavy atom. The van der Waals surface area contributed by atoms with Crippen LogP contribution < -0.4 is 0 Å². The molecule has 0 fully saturated rings. The Bertz CT molecular complexity index is 2400. The molecule has 0 N–H and O–H groups in total. The number of aromatic nitrogens is 6. The third-order valence-electron chi connectivity index (χ3n) is 7.86. The summed E-state index contributed by atoms with van der Waals surface area (Å²) in [6, 6.07) is 41.3. The van der Waals surface area contributed by atoms with Gasteiger partial charge in [0, 0.05) is 33.8 Å². The zero-order valence-electron chi connectivity index (χ0n) is 24.2. The summed E-state index contributed by atoms with van der Waals surface area (Å²) in [5.41, 5.74) is 6.79. The van der Waals surface area contributed by atoms with Gasteiger partial charge in [0.1, 0.15) is 16.7 Å². The van der Waals surface area contributed by atoms with Crippen molar-refractivity contribution in [3.63, 3.8) is 0 Å². The molecule has 0 aliphatic heterocycles. The van der Waals surface area contributed by atoms with E-state index in [2.05, 4.69) is 9.97 Å². The van der Waals surface area contributed by atoms with Crippen LogP contribution >= 0.6 is 0 Å². The molecule has 5 aromatic carbocycles. The van der Waals surface area contributed by atoms with Crippen molar-refractivity contribution in [3.8, 4) is 57.2 Å². The van der Waals surface area contributed by atoms with Crippen LogP contribution in [0.2, 0.25) is 0 Å². The molecular formula is C38H22N6O2. The van der Waals surface area contributed by atoms with E-state index >= 15 is 0 Å². The van der Waals surface area contributed by atoms with Crippen LogP contribution in [0.15, 0.2) is 142 Å². The molecule has 0 amide bonds. The number of fused-ring (bicyclic) bond motifs is 3. The lowest BCUT2D eigenvalue weighted by atomic mass is 10.1. The second-order valence-corrected chi connectivity index (χ2v) is 10.8. The quantitative estimate of drug-likeness (QED) is 0.194. The molecule has 9 rings (SSSR count). The SMILES string of the molecule is c1ccc(-c2nc3ccc(-c4nc(-c5ccc6nc(-c7ccccc7)oc6c5)nc(-c5nccc6ccccc56)n4)cc3o2)cc1. The summed E-state index contributed by atoms with van der Waals surface area (Å²) in [5.74, 6) is 2.54. The van der Waals surface area contributed by atoms with Gasteiger partial charge in [-0.3, -0.25) is 4.98 Å². The minimum atomic E-state index is 0.460. The van der Waals surface area contributed by atoms with Crippen LogP contribution in [0.5, 0.6) is 0 Å². The molecule has 4 aromatic heterocycles. The van der Waals surface area contributed by atoms with E-state index in [9.17, 15) is 0 Å². The van der Waals surface area contributed by atoms with Crippen molar-refractivity contribution >= 4 is 33.0 Å². The lowest BCUT2D eigenvalue weighted by Crippen LogP contribution is -2.01. The van der Waals surface area contributed by atoms with Gasteiger partial charge in [0.25, 0.3) is 0 Å². The number of hydrogen-bond donors (Lipinski definition) is 0. The minimum Gasteiger partial charge on any atom is -0.436 e. The highest BCUT2D eigenvalue weighted by Crippen LogP contribution is 2.32. The lowest BCUT2D eigenvalue weighted by Gasteiger charge is -2.09. The molecule has 46 heavy (non-hydrogen) atoms. The molecule has 216 valence electrons. The Kier molecular flexibility index (Phi) is 5.95. The average molecular weight is 595 g/mol. The molecule has 8 nitrogen and oxygen atoms in total. The maximum Gasteiger partial charge on any atom is 0.227 e. The molecule has 4 heterocycles. The van der Waals surface area contributed by atoms with Gasteiger partial charge >= 0.3 is 0 Å². The summed E-state index contributed by atoms with van der Waals surface area (Å²) in [4.78, 5) is 28.9. The summed E-state index contributed by atoms with van der Waals surface area (Å²) >= 11 is 0. The summed E-state index contributed by atoms with van der Waals surface area (Å²) in [7, 11) is 0. The maximum absolute atomic E-state index is 6.18. The Hall–Kier alpha value is -6.54. The van der Waals surface area contributed by atoms with E-state index in [0.717, 1.165) is 44.1 Å². The van der Waals surface area contributed by atoms with Gasteiger partial charge in [-0.05, 0) is 72.1 Å². The second kappa shape index (κ2) is 10.6. The van der Waals surface area contributed by atoms with Crippen molar-refractivity contribution in [2.24, 2.45) is 0 Å². The Labute approximate surface area is 262 Å².